The van der Waals surface area contributed by atoms with Crippen molar-refractivity contribution >= 4 is 23.4 Å². The summed E-state index contributed by atoms with van der Waals surface area (Å²) < 4.78 is 42.7. The minimum atomic E-state index is -4.38. The molecule has 3 aromatic rings. The maximum absolute atomic E-state index is 12.7. The van der Waals surface area contributed by atoms with Gasteiger partial charge in [-0.1, -0.05) is 31.1 Å². The van der Waals surface area contributed by atoms with Gasteiger partial charge in [0.2, 0.25) is 0 Å². The van der Waals surface area contributed by atoms with Crippen molar-refractivity contribution in [2.45, 2.75) is 37.1 Å². The Morgan fingerprint density at radius 1 is 1.14 bits per heavy atom. The van der Waals surface area contributed by atoms with Gasteiger partial charge in [0.1, 0.15) is 0 Å². The van der Waals surface area contributed by atoms with Gasteiger partial charge in [0, 0.05) is 16.4 Å². The number of anilines is 1. The summed E-state index contributed by atoms with van der Waals surface area (Å²) in [6, 6.07) is 10.6. The smallest absolute Gasteiger partial charge is 0.334 e. The van der Waals surface area contributed by atoms with Crippen LogP contribution in [0.4, 0.5) is 18.9 Å². The second-order valence-electron chi connectivity index (χ2n) is 6.64. The summed E-state index contributed by atoms with van der Waals surface area (Å²) in [5.41, 5.74) is -2.28. The highest BCUT2D eigenvalue weighted by atomic mass is 32.2. The highest BCUT2D eigenvalue weighted by molar-refractivity contribution is 8.00. The molecular weight excluding hydrogens is 403 g/mol. The van der Waals surface area contributed by atoms with Gasteiger partial charge in [-0.2, -0.15) is 18.2 Å². The lowest BCUT2D eigenvalue weighted by Gasteiger charge is -2.12. The fraction of sp³-hybridized carbons (Fsp3) is 0.250. The predicted molar refractivity (Wildman–Crippen MR) is 105 cm³/mol. The molecule has 0 radical (unpaired) electrons. The molecule has 0 bridgehead atoms. The van der Waals surface area contributed by atoms with Crippen LogP contribution in [-0.4, -0.2) is 21.6 Å². The zero-order valence-electron chi connectivity index (χ0n) is 15.9. The van der Waals surface area contributed by atoms with Crippen LogP contribution < -0.4 is 5.32 Å². The first kappa shape index (κ1) is 20.9. The summed E-state index contributed by atoms with van der Waals surface area (Å²) in [6.45, 7) is 5.70. The molecule has 0 saturated heterocycles. The van der Waals surface area contributed by atoms with Gasteiger partial charge < -0.3 is 9.84 Å². The van der Waals surface area contributed by atoms with Crippen LogP contribution in [0, 0.1) is 6.92 Å². The number of hydrogen-bond donors (Lipinski definition) is 1. The number of amides is 1. The molecule has 152 valence electrons. The van der Waals surface area contributed by atoms with E-state index in [4.69, 9.17) is 4.52 Å². The minimum Gasteiger partial charge on any atom is -0.334 e. The lowest BCUT2D eigenvalue weighted by atomic mass is 10.1. The Morgan fingerprint density at radius 2 is 1.83 bits per heavy atom. The first-order chi connectivity index (χ1) is 13.6. The third kappa shape index (κ3) is 5.17. The zero-order chi connectivity index (χ0) is 21.2. The van der Waals surface area contributed by atoms with Gasteiger partial charge in [0.15, 0.2) is 5.82 Å². The Bertz CT molecular complexity index is 1010. The Balaban J connectivity index is 1.85. The molecule has 0 aliphatic carbocycles. The van der Waals surface area contributed by atoms with Crippen LogP contribution in [0.25, 0.3) is 11.5 Å². The monoisotopic (exact) mass is 421 g/mol. The largest absolute Gasteiger partial charge is 0.446 e. The molecule has 0 atom stereocenters. The van der Waals surface area contributed by atoms with Crippen molar-refractivity contribution in [3.05, 3.63) is 59.4 Å². The fourth-order valence-corrected chi connectivity index (χ4v) is 3.12. The van der Waals surface area contributed by atoms with Crippen LogP contribution in [-0.2, 0) is 0 Å². The van der Waals surface area contributed by atoms with Crippen molar-refractivity contribution in [3.8, 4) is 11.5 Å². The lowest BCUT2D eigenvalue weighted by Crippen LogP contribution is -2.13. The number of carbonyl (C=O) groups excluding carboxylic acids is 1. The summed E-state index contributed by atoms with van der Waals surface area (Å²) in [5.74, 6) is 0.470. The molecule has 0 fully saturated rings. The molecule has 1 N–H and O–H groups in total. The topological polar surface area (TPSA) is 68.0 Å². The molecule has 1 aromatic heterocycles. The van der Waals surface area contributed by atoms with E-state index >= 15 is 0 Å². The van der Waals surface area contributed by atoms with Gasteiger partial charge in [-0.25, -0.2) is 0 Å². The molecule has 9 heteroatoms. The second kappa shape index (κ2) is 8.28. The maximum atomic E-state index is 12.7. The molecule has 5 nitrogen and oxygen atoms in total. The average molecular weight is 421 g/mol. The van der Waals surface area contributed by atoms with Crippen molar-refractivity contribution < 1.29 is 22.5 Å². The number of nitrogens with one attached hydrogen (secondary N) is 1. The summed E-state index contributed by atoms with van der Waals surface area (Å²) in [6.07, 6.45) is 0. The van der Waals surface area contributed by atoms with Gasteiger partial charge in [0.05, 0.1) is 11.3 Å². The highest BCUT2D eigenvalue weighted by Gasteiger charge is 2.29. The standard InChI is InChI=1S/C20H18F3N3O2S/c1-11(2)17-25-19(28-26-17)15-6-4-5-12(3)16(15)24-18(27)13-7-9-14(10-8-13)29-20(21,22)23/h4-11H,1-3H3,(H,24,27). The molecule has 1 heterocycles. The van der Waals surface area contributed by atoms with Crippen molar-refractivity contribution in [2.75, 3.05) is 5.32 Å². The van der Waals surface area contributed by atoms with Crippen LogP contribution in [0.3, 0.4) is 0 Å². The average Bonchev–Trinajstić information content (AvgIpc) is 3.13. The number of thioether (sulfide) groups is 1. The predicted octanol–water partition coefficient (Wildman–Crippen LogP) is 6.03. The SMILES string of the molecule is Cc1cccc(-c2nc(C(C)C)no2)c1NC(=O)c1ccc(SC(F)(F)F)cc1. The van der Waals surface area contributed by atoms with Gasteiger partial charge in [-0.05, 0) is 54.6 Å². The van der Waals surface area contributed by atoms with E-state index in [9.17, 15) is 18.0 Å². The summed E-state index contributed by atoms with van der Waals surface area (Å²) in [4.78, 5) is 17.0. The Kier molecular flexibility index (Phi) is 5.97. The molecular formula is C20H18F3N3O2S. The van der Waals surface area contributed by atoms with E-state index in [1.165, 1.54) is 24.3 Å². The molecule has 0 spiro atoms. The van der Waals surface area contributed by atoms with Crippen molar-refractivity contribution in [2.24, 2.45) is 0 Å². The van der Waals surface area contributed by atoms with Gasteiger partial charge >= 0.3 is 5.51 Å². The van der Waals surface area contributed by atoms with Crippen LogP contribution in [0.15, 0.2) is 51.9 Å². The number of carbonyl (C=O) groups is 1. The van der Waals surface area contributed by atoms with E-state index in [2.05, 4.69) is 15.5 Å². The van der Waals surface area contributed by atoms with E-state index in [1.54, 1.807) is 6.07 Å². The fourth-order valence-electron chi connectivity index (χ4n) is 2.58. The number of aryl methyl sites for hydroxylation is 1. The zero-order valence-corrected chi connectivity index (χ0v) is 16.7. The Hall–Kier alpha value is -2.81. The summed E-state index contributed by atoms with van der Waals surface area (Å²) in [5, 5.41) is 6.75. The lowest BCUT2D eigenvalue weighted by molar-refractivity contribution is -0.0328. The molecule has 0 aliphatic rings. The van der Waals surface area contributed by atoms with Crippen LogP contribution in [0.5, 0.6) is 0 Å². The van der Waals surface area contributed by atoms with Crippen molar-refractivity contribution in [1.29, 1.82) is 0 Å². The van der Waals surface area contributed by atoms with E-state index in [0.29, 0.717) is 17.1 Å². The van der Waals surface area contributed by atoms with E-state index < -0.39 is 11.4 Å². The number of benzene rings is 2. The number of hydrogen-bond acceptors (Lipinski definition) is 5. The minimum absolute atomic E-state index is 0.0118. The normalized spacial score (nSPS) is 11.7. The molecule has 0 saturated carbocycles. The number of nitrogens with zero attached hydrogens (tertiary/aromatic N) is 2. The number of alkyl halides is 3. The first-order valence-corrected chi connectivity index (χ1v) is 9.56. The van der Waals surface area contributed by atoms with Crippen LogP contribution in [0.2, 0.25) is 0 Å². The number of halogens is 3. The number of para-hydroxylation sites is 1. The van der Waals surface area contributed by atoms with Gasteiger partial charge in [-0.15, -0.1) is 0 Å². The summed E-state index contributed by atoms with van der Waals surface area (Å²) >= 11 is -0.227. The maximum Gasteiger partial charge on any atom is 0.446 e. The second-order valence-corrected chi connectivity index (χ2v) is 7.77. The quantitative estimate of drug-likeness (QED) is 0.509. The number of aromatic nitrogens is 2. The van der Waals surface area contributed by atoms with Crippen molar-refractivity contribution in [1.82, 2.24) is 10.1 Å². The number of rotatable bonds is 5. The molecule has 0 unspecified atom stereocenters. The molecule has 29 heavy (non-hydrogen) atoms. The van der Waals surface area contributed by atoms with E-state index in [1.807, 2.05) is 32.9 Å². The third-order valence-electron chi connectivity index (χ3n) is 4.05. The first-order valence-electron chi connectivity index (χ1n) is 8.75. The summed E-state index contributed by atoms with van der Waals surface area (Å²) in [7, 11) is 0. The third-order valence-corrected chi connectivity index (χ3v) is 4.79. The Morgan fingerprint density at radius 3 is 2.41 bits per heavy atom. The molecule has 3 rings (SSSR count). The van der Waals surface area contributed by atoms with Crippen molar-refractivity contribution in [3.63, 3.8) is 0 Å². The molecule has 1 amide bonds. The Labute approximate surface area is 169 Å². The van der Waals surface area contributed by atoms with Gasteiger partial charge in [-0.3, -0.25) is 4.79 Å². The highest BCUT2D eigenvalue weighted by Crippen LogP contribution is 2.37. The molecule has 0 aliphatic heterocycles. The van der Waals surface area contributed by atoms with Crippen LogP contribution >= 0.6 is 11.8 Å². The van der Waals surface area contributed by atoms with Gasteiger partial charge in [0.25, 0.3) is 11.8 Å². The molecule has 2 aromatic carbocycles. The van der Waals surface area contributed by atoms with Crippen LogP contribution in [0.1, 0.15) is 41.5 Å². The van der Waals surface area contributed by atoms with E-state index in [-0.39, 0.29) is 34.0 Å². The van der Waals surface area contributed by atoms with E-state index in [0.717, 1.165) is 5.56 Å².